The molecular weight excluding hydrogens is 854 g/mol. The van der Waals surface area contributed by atoms with Crippen molar-refractivity contribution in [1.29, 1.82) is 0 Å². The van der Waals surface area contributed by atoms with Gasteiger partial charge in [-0.25, -0.2) is 33.7 Å². The van der Waals surface area contributed by atoms with Crippen molar-refractivity contribution < 1.29 is 71.4 Å². The van der Waals surface area contributed by atoms with Crippen molar-refractivity contribution in [3.63, 3.8) is 0 Å². The molecule has 2 aliphatic heterocycles. The summed E-state index contributed by atoms with van der Waals surface area (Å²) in [5.41, 5.74) is 11.2. The predicted octanol–water partition coefficient (Wildman–Crippen LogP) is -1.28. The maximum atomic E-state index is 14.1. The van der Waals surface area contributed by atoms with Crippen molar-refractivity contribution in [1.82, 2.24) is 39.0 Å². The Labute approximate surface area is 344 Å². The number of carbonyl (C=O) groups excluding carboxylic acids is 2. The van der Waals surface area contributed by atoms with Gasteiger partial charge < -0.3 is 55.5 Å². The quantitative estimate of drug-likeness (QED) is 0.0347. The summed E-state index contributed by atoms with van der Waals surface area (Å²) in [5.74, 6) is -1.65. The molecule has 2 saturated heterocycles. The molecular formula is C33H42N10O16P2. The third-order valence-corrected chi connectivity index (χ3v) is 11.0. The Morgan fingerprint density at radius 1 is 1.02 bits per heavy atom. The molecule has 1 unspecified atom stereocenters. The Kier molecular flexibility index (Phi) is 14.1. The Hall–Kier alpha value is -5.08. The Morgan fingerprint density at radius 3 is 2.38 bits per heavy atom. The molecule has 0 aliphatic carbocycles. The number of phosphoric acid groups is 2. The summed E-state index contributed by atoms with van der Waals surface area (Å²) < 4.78 is 59.6. The number of anilines is 2. The largest absolute Gasteiger partial charge is 0.472 e. The summed E-state index contributed by atoms with van der Waals surface area (Å²) >= 11 is 0. The van der Waals surface area contributed by atoms with Gasteiger partial charge in [0.2, 0.25) is 5.91 Å². The summed E-state index contributed by atoms with van der Waals surface area (Å²) in [6.07, 6.45) is -5.66. The summed E-state index contributed by atoms with van der Waals surface area (Å²) in [7, 11) is -9.20. The van der Waals surface area contributed by atoms with E-state index in [-0.39, 0.29) is 35.6 Å². The molecule has 1 amide bonds. The highest BCUT2D eigenvalue weighted by Gasteiger charge is 2.52. The van der Waals surface area contributed by atoms with Crippen LogP contribution in [0, 0.1) is 0 Å². The second-order valence-electron chi connectivity index (χ2n) is 13.7. The number of allylic oxidation sites excluding steroid dienone is 1. The lowest BCUT2D eigenvalue weighted by molar-refractivity contribution is -0.165. The number of aliphatic hydroxyl groups excluding tert-OH is 2. The Morgan fingerprint density at radius 2 is 1.70 bits per heavy atom. The number of nitrogen functional groups attached to an aromatic ring is 2. The van der Waals surface area contributed by atoms with Gasteiger partial charge in [0, 0.05) is 38.5 Å². The van der Waals surface area contributed by atoms with Gasteiger partial charge >= 0.3 is 27.3 Å². The summed E-state index contributed by atoms with van der Waals surface area (Å²) in [6.45, 7) is 1.63. The van der Waals surface area contributed by atoms with E-state index in [1.165, 1.54) is 47.4 Å². The smallest absolute Gasteiger partial charge is 0.455 e. The topological polar surface area (TPSA) is 371 Å². The van der Waals surface area contributed by atoms with E-state index in [0.29, 0.717) is 12.0 Å². The number of amides is 1. The van der Waals surface area contributed by atoms with Gasteiger partial charge in [-0.1, -0.05) is 12.1 Å². The van der Waals surface area contributed by atoms with E-state index < -0.39 is 102 Å². The molecule has 10 atom stereocenters. The third-order valence-electron chi connectivity index (χ3n) is 9.57. The molecule has 2 aliphatic rings. The molecule has 4 aromatic rings. The van der Waals surface area contributed by atoms with Crippen LogP contribution in [0.2, 0.25) is 0 Å². The predicted molar refractivity (Wildman–Crippen MR) is 205 cm³/mol. The first-order valence-electron chi connectivity index (χ1n) is 18.1. The third kappa shape index (κ3) is 10.7. The number of esters is 1. The van der Waals surface area contributed by atoms with Gasteiger partial charge in [0.15, 0.2) is 30.0 Å². The number of hydrogen-bond donors (Lipinski definition) is 7. The second-order valence-corrected chi connectivity index (χ2v) is 16.3. The van der Waals surface area contributed by atoms with Gasteiger partial charge in [-0.05, 0) is 24.1 Å². The van der Waals surface area contributed by atoms with Crippen molar-refractivity contribution in [3.05, 3.63) is 78.1 Å². The first-order chi connectivity index (χ1) is 28.9. The minimum Gasteiger partial charge on any atom is -0.455 e. The minimum absolute atomic E-state index is 0.0103. The van der Waals surface area contributed by atoms with Crippen LogP contribution in [0.4, 0.5) is 11.6 Å². The molecule has 0 spiro atoms. The molecule has 0 aromatic carbocycles. The van der Waals surface area contributed by atoms with Crippen LogP contribution in [-0.2, 0) is 52.9 Å². The Balaban J connectivity index is 1.27. The van der Waals surface area contributed by atoms with Crippen LogP contribution >= 0.6 is 15.6 Å². The van der Waals surface area contributed by atoms with Crippen LogP contribution in [0.15, 0.2) is 66.9 Å². The molecule has 9 N–H and O–H groups in total. The van der Waals surface area contributed by atoms with E-state index in [1.807, 2.05) is 0 Å². The zero-order valence-corrected chi connectivity index (χ0v) is 33.8. The lowest BCUT2D eigenvalue weighted by Gasteiger charge is -2.29. The number of likely N-dealkylation sites (N-methyl/N-ethyl adjacent to an activating group) is 1. The van der Waals surface area contributed by atoms with Crippen LogP contribution in [0.1, 0.15) is 30.9 Å². The van der Waals surface area contributed by atoms with Crippen LogP contribution < -0.4 is 17.2 Å². The van der Waals surface area contributed by atoms with Crippen LogP contribution in [0.25, 0.3) is 11.2 Å². The van der Waals surface area contributed by atoms with Crippen molar-refractivity contribution in [2.24, 2.45) is 0 Å². The maximum absolute atomic E-state index is 14.1. The van der Waals surface area contributed by atoms with Gasteiger partial charge in [0.25, 0.3) is 0 Å². The first-order valence-corrected chi connectivity index (χ1v) is 21.2. The standard InChI is InChI=1S/C33H42N10O16P2/c1-3-4-7-22(44)41(2)18(11-17-6-5-9-36-12-17)32(47)58-26-19(56-31(24(26)45)43-16-39-23-28(35)37-15-38-29(23)43)14-55-61(52,53)59-27-20(13-54-60(49,50)51)57-30(25(27)46)42-10-8-21(34)40-33(42)48/h3,5-6,8-10,12,15-16,18-20,24-27,30-31,45-46H,1,4,7,11,13-14H2,2H3,(H,52,53)(H2,34,40,48)(H2,35,37,38)(H2,49,50,51)/t18-,19+,20+,24+,25+,26+,27+,30+,31+/m0/s1. The molecule has 0 bridgehead atoms. The first kappa shape index (κ1) is 45.4. The van der Waals surface area contributed by atoms with Gasteiger partial charge in [0.1, 0.15) is 54.2 Å². The maximum Gasteiger partial charge on any atom is 0.472 e. The number of nitrogens with zero attached hydrogens (tertiary/aromatic N) is 8. The number of phosphoric ester groups is 2. The second kappa shape index (κ2) is 18.9. The molecule has 330 valence electrons. The van der Waals surface area contributed by atoms with Gasteiger partial charge in [-0.2, -0.15) is 4.98 Å². The van der Waals surface area contributed by atoms with E-state index >= 15 is 0 Å². The highest BCUT2D eigenvalue weighted by molar-refractivity contribution is 7.47. The van der Waals surface area contributed by atoms with Gasteiger partial charge in [-0.15, -0.1) is 6.58 Å². The average Bonchev–Trinajstić information content (AvgIpc) is 3.87. The molecule has 2 fully saturated rings. The SMILES string of the molecule is C=CCCC(=O)N(C)[C@@H](Cc1cccnc1)C(=O)O[C@H]1[C@@H](O)[C@H](n2cnc3c(N)ncnc32)O[C@@H]1COP(=O)(O)O[C@H]1[C@@H](O)[C@H](n2ccc(N)nc2=O)O[C@@H]1COP(=O)(O)O. The fourth-order valence-corrected chi connectivity index (χ4v) is 7.86. The fraction of sp³-hybridized carbons (Fsp3) is 0.455. The molecule has 0 saturated carbocycles. The molecule has 26 nitrogen and oxygen atoms in total. The van der Waals surface area contributed by atoms with Crippen molar-refractivity contribution in [3.8, 4) is 0 Å². The number of fused-ring (bicyclic) bond motifs is 1. The fourth-order valence-electron chi connectivity index (χ4n) is 6.55. The highest BCUT2D eigenvalue weighted by Crippen LogP contribution is 2.50. The lowest BCUT2D eigenvalue weighted by Crippen LogP contribution is -2.48. The molecule has 28 heteroatoms. The molecule has 61 heavy (non-hydrogen) atoms. The van der Waals surface area contributed by atoms with E-state index in [2.05, 4.69) is 36.0 Å². The average molecular weight is 897 g/mol. The van der Waals surface area contributed by atoms with E-state index in [9.17, 15) is 48.4 Å². The highest BCUT2D eigenvalue weighted by atomic mass is 31.2. The molecule has 6 heterocycles. The zero-order chi connectivity index (χ0) is 44.2. The van der Waals surface area contributed by atoms with E-state index in [4.69, 9.17) is 34.7 Å². The number of rotatable bonds is 18. The number of aliphatic hydroxyl groups is 2. The summed E-state index contributed by atoms with van der Waals surface area (Å²) in [6, 6.07) is 3.20. The molecule has 4 aromatic heterocycles. The Bertz CT molecular complexity index is 2370. The number of nitrogens with two attached hydrogens (primary N) is 2. The number of aromatic nitrogens is 7. The molecule has 6 rings (SSSR count). The van der Waals surface area contributed by atoms with Gasteiger partial charge in [-0.3, -0.25) is 32.5 Å². The van der Waals surface area contributed by atoms with Crippen LogP contribution in [-0.4, -0.2) is 139 Å². The zero-order valence-electron chi connectivity index (χ0n) is 32.0. The molecule has 0 radical (unpaired) electrons. The van der Waals surface area contributed by atoms with Crippen molar-refractivity contribution in [2.75, 3.05) is 31.7 Å². The van der Waals surface area contributed by atoms with Crippen molar-refractivity contribution in [2.45, 2.75) is 74.4 Å². The monoisotopic (exact) mass is 896 g/mol. The summed E-state index contributed by atoms with van der Waals surface area (Å²) in [5, 5.41) is 22.9. The minimum atomic E-state index is -5.42. The van der Waals surface area contributed by atoms with E-state index in [0.717, 1.165) is 17.1 Å². The van der Waals surface area contributed by atoms with Crippen LogP contribution in [0.3, 0.4) is 0 Å². The number of pyridine rings is 1. The van der Waals surface area contributed by atoms with E-state index in [1.54, 1.807) is 12.1 Å². The van der Waals surface area contributed by atoms with Crippen LogP contribution in [0.5, 0.6) is 0 Å². The number of imidazole rings is 1. The van der Waals surface area contributed by atoms with Crippen molar-refractivity contribution >= 4 is 50.3 Å². The lowest BCUT2D eigenvalue weighted by atomic mass is 10.1. The number of carbonyl (C=O) groups is 2. The number of ether oxygens (including phenoxy) is 3. The van der Waals surface area contributed by atoms with Gasteiger partial charge in [0.05, 0.1) is 19.5 Å². The normalized spacial score (nSPS) is 25.5. The number of hydrogen-bond acceptors (Lipinski definition) is 20. The summed E-state index contributed by atoms with van der Waals surface area (Å²) in [4.78, 5) is 90.4.